The maximum atomic E-state index is 5.30. The quantitative estimate of drug-likeness (QED) is 0.183. The summed E-state index contributed by atoms with van der Waals surface area (Å²) in [7, 11) is 1.68. The number of rotatable bonds is 8. The summed E-state index contributed by atoms with van der Waals surface area (Å²) in [4.78, 5) is 0. The molecule has 0 radical (unpaired) electrons. The van der Waals surface area contributed by atoms with Gasteiger partial charge >= 0.3 is 0 Å². The van der Waals surface area contributed by atoms with Gasteiger partial charge in [0.25, 0.3) is 0 Å². The molecular formula is C32H27N3O. The van der Waals surface area contributed by atoms with E-state index in [2.05, 4.69) is 84.2 Å². The molecule has 36 heavy (non-hydrogen) atoms. The topological polar surface area (TPSA) is 36.9 Å². The van der Waals surface area contributed by atoms with E-state index in [1.807, 2.05) is 65.8 Å². The van der Waals surface area contributed by atoms with E-state index < -0.39 is 0 Å². The SMILES string of the molecule is COc1ccc(-c2ccccc2Nc2ccc(/C=N/N(c3ccccc3)c3ccccc3)cc2)cc1. The van der Waals surface area contributed by atoms with Crippen molar-refractivity contribution in [3.8, 4) is 16.9 Å². The van der Waals surface area contributed by atoms with Gasteiger partial charge < -0.3 is 10.1 Å². The molecule has 176 valence electrons. The van der Waals surface area contributed by atoms with Gasteiger partial charge in [-0.05, 0) is 65.7 Å². The second-order valence-electron chi connectivity index (χ2n) is 8.25. The molecule has 4 nitrogen and oxygen atoms in total. The molecule has 1 N–H and O–H groups in total. The van der Waals surface area contributed by atoms with Gasteiger partial charge in [0.1, 0.15) is 5.75 Å². The van der Waals surface area contributed by atoms with E-state index in [-0.39, 0.29) is 0 Å². The normalized spacial score (nSPS) is 10.8. The molecule has 4 heteroatoms. The van der Waals surface area contributed by atoms with Crippen molar-refractivity contribution in [2.45, 2.75) is 0 Å². The summed E-state index contributed by atoms with van der Waals surface area (Å²) in [6.07, 6.45) is 1.88. The Morgan fingerprint density at radius 3 is 1.83 bits per heavy atom. The van der Waals surface area contributed by atoms with Crippen molar-refractivity contribution in [2.24, 2.45) is 5.10 Å². The van der Waals surface area contributed by atoms with Crippen molar-refractivity contribution >= 4 is 29.0 Å². The van der Waals surface area contributed by atoms with Crippen LogP contribution in [0.5, 0.6) is 5.75 Å². The number of nitrogens with one attached hydrogen (secondary N) is 1. The van der Waals surface area contributed by atoms with Crippen LogP contribution in [0.25, 0.3) is 11.1 Å². The highest BCUT2D eigenvalue weighted by molar-refractivity contribution is 5.84. The molecule has 0 aromatic heterocycles. The molecule has 0 bridgehead atoms. The van der Waals surface area contributed by atoms with Crippen LogP contribution >= 0.6 is 0 Å². The van der Waals surface area contributed by atoms with Crippen LogP contribution in [0.2, 0.25) is 0 Å². The Bertz CT molecular complexity index is 1380. The van der Waals surface area contributed by atoms with Crippen molar-refractivity contribution < 1.29 is 4.74 Å². The zero-order valence-corrected chi connectivity index (χ0v) is 20.1. The minimum atomic E-state index is 0.847. The Kier molecular flexibility index (Phi) is 7.05. The zero-order chi connectivity index (χ0) is 24.6. The van der Waals surface area contributed by atoms with Crippen molar-refractivity contribution in [1.82, 2.24) is 0 Å². The van der Waals surface area contributed by atoms with Crippen LogP contribution in [-0.2, 0) is 0 Å². The molecule has 0 spiro atoms. The Morgan fingerprint density at radius 2 is 1.22 bits per heavy atom. The molecule has 0 aliphatic heterocycles. The van der Waals surface area contributed by atoms with E-state index in [9.17, 15) is 0 Å². The maximum Gasteiger partial charge on any atom is 0.118 e. The van der Waals surface area contributed by atoms with Crippen LogP contribution < -0.4 is 15.1 Å². The molecule has 0 saturated carbocycles. The number of anilines is 4. The van der Waals surface area contributed by atoms with Crippen LogP contribution in [0.1, 0.15) is 5.56 Å². The largest absolute Gasteiger partial charge is 0.497 e. The number of hydrogen-bond donors (Lipinski definition) is 1. The second kappa shape index (κ2) is 11.1. The lowest BCUT2D eigenvalue weighted by atomic mass is 10.0. The molecule has 0 saturated heterocycles. The van der Waals surface area contributed by atoms with Crippen LogP contribution in [-0.4, -0.2) is 13.3 Å². The minimum absolute atomic E-state index is 0.847. The summed E-state index contributed by atoms with van der Waals surface area (Å²) < 4.78 is 5.30. The minimum Gasteiger partial charge on any atom is -0.497 e. The summed E-state index contributed by atoms with van der Waals surface area (Å²) in [5.74, 6) is 0.847. The highest BCUT2D eigenvalue weighted by Gasteiger charge is 2.08. The van der Waals surface area contributed by atoms with E-state index in [0.29, 0.717) is 0 Å². The van der Waals surface area contributed by atoms with Gasteiger partial charge in [-0.3, -0.25) is 0 Å². The van der Waals surface area contributed by atoms with Gasteiger partial charge in [-0.1, -0.05) is 78.9 Å². The maximum absolute atomic E-state index is 5.30. The van der Waals surface area contributed by atoms with Crippen molar-refractivity contribution in [3.63, 3.8) is 0 Å². The van der Waals surface area contributed by atoms with E-state index in [4.69, 9.17) is 9.84 Å². The first-order chi connectivity index (χ1) is 17.8. The third kappa shape index (κ3) is 5.45. The van der Waals surface area contributed by atoms with Crippen LogP contribution in [0, 0.1) is 0 Å². The molecule has 0 unspecified atom stereocenters. The van der Waals surface area contributed by atoms with Crippen LogP contribution in [0.4, 0.5) is 22.7 Å². The highest BCUT2D eigenvalue weighted by Crippen LogP contribution is 2.31. The van der Waals surface area contributed by atoms with Gasteiger partial charge in [0.15, 0.2) is 0 Å². The molecule has 0 fully saturated rings. The van der Waals surface area contributed by atoms with E-state index in [0.717, 1.165) is 45.2 Å². The molecule has 5 aromatic rings. The molecule has 5 aromatic carbocycles. The summed E-state index contributed by atoms with van der Waals surface area (Å²) in [6.45, 7) is 0. The third-order valence-electron chi connectivity index (χ3n) is 5.84. The number of para-hydroxylation sites is 3. The van der Waals surface area contributed by atoms with Gasteiger partial charge in [0, 0.05) is 16.9 Å². The Labute approximate surface area is 212 Å². The fourth-order valence-corrected chi connectivity index (χ4v) is 3.97. The average molecular weight is 470 g/mol. The number of methoxy groups -OCH3 is 1. The molecule has 0 aliphatic rings. The first-order valence-corrected chi connectivity index (χ1v) is 11.8. The lowest BCUT2D eigenvalue weighted by Crippen LogP contribution is -2.09. The summed E-state index contributed by atoms with van der Waals surface area (Å²) >= 11 is 0. The first kappa shape index (κ1) is 22.9. The van der Waals surface area contributed by atoms with Gasteiger partial charge in [-0.2, -0.15) is 5.10 Å². The molecule has 5 rings (SSSR count). The lowest BCUT2D eigenvalue weighted by molar-refractivity contribution is 0.415. The zero-order valence-electron chi connectivity index (χ0n) is 20.1. The molecular weight excluding hydrogens is 442 g/mol. The summed E-state index contributed by atoms with van der Waals surface area (Å²) in [5, 5.41) is 10.3. The molecule has 0 amide bonds. The highest BCUT2D eigenvalue weighted by atomic mass is 16.5. The number of hydrazone groups is 1. The fraction of sp³-hybridized carbons (Fsp3) is 0.0312. The first-order valence-electron chi connectivity index (χ1n) is 11.8. The van der Waals surface area contributed by atoms with Gasteiger partial charge in [-0.25, -0.2) is 5.01 Å². The summed E-state index contributed by atoms with van der Waals surface area (Å²) in [5.41, 5.74) is 7.35. The fourth-order valence-electron chi connectivity index (χ4n) is 3.97. The predicted molar refractivity (Wildman–Crippen MR) is 151 cm³/mol. The lowest BCUT2D eigenvalue weighted by Gasteiger charge is -2.19. The Hall–Kier alpha value is -4.83. The number of nitrogens with zero attached hydrogens (tertiary/aromatic N) is 2. The smallest absolute Gasteiger partial charge is 0.118 e. The van der Waals surface area contributed by atoms with Gasteiger partial charge in [-0.15, -0.1) is 0 Å². The average Bonchev–Trinajstić information content (AvgIpc) is 2.96. The third-order valence-corrected chi connectivity index (χ3v) is 5.84. The predicted octanol–water partition coefficient (Wildman–Crippen LogP) is 8.28. The second-order valence-corrected chi connectivity index (χ2v) is 8.25. The van der Waals surface area contributed by atoms with Crippen LogP contribution in [0.3, 0.4) is 0 Å². The van der Waals surface area contributed by atoms with Crippen molar-refractivity contribution in [2.75, 3.05) is 17.4 Å². The van der Waals surface area contributed by atoms with E-state index in [1.54, 1.807) is 7.11 Å². The number of ether oxygens (including phenoxy) is 1. The van der Waals surface area contributed by atoms with E-state index >= 15 is 0 Å². The number of hydrogen-bond acceptors (Lipinski definition) is 4. The molecule has 0 aliphatic carbocycles. The van der Waals surface area contributed by atoms with Gasteiger partial charge in [0.2, 0.25) is 0 Å². The Balaban J connectivity index is 1.35. The summed E-state index contributed by atoms with van der Waals surface area (Å²) in [6, 6.07) is 45.0. The Morgan fingerprint density at radius 1 is 0.639 bits per heavy atom. The monoisotopic (exact) mass is 469 g/mol. The van der Waals surface area contributed by atoms with Crippen molar-refractivity contribution in [3.05, 3.63) is 139 Å². The van der Waals surface area contributed by atoms with Crippen LogP contribution in [0.15, 0.2) is 139 Å². The molecule has 0 heterocycles. The van der Waals surface area contributed by atoms with Crippen molar-refractivity contribution in [1.29, 1.82) is 0 Å². The standard InChI is InChI=1S/C32H27N3O/c1-36-30-22-18-26(19-23-30)31-14-8-9-15-32(31)34-27-20-16-25(17-21-27)24-33-35(28-10-4-2-5-11-28)29-12-6-3-7-13-29/h2-24,34H,1H3/b33-24+. The van der Waals surface area contributed by atoms with Gasteiger partial charge in [0.05, 0.1) is 24.7 Å². The molecule has 0 atom stereocenters. The number of benzene rings is 5. The van der Waals surface area contributed by atoms with E-state index in [1.165, 1.54) is 0 Å².